The third-order valence-electron chi connectivity index (χ3n) is 1.97. The summed E-state index contributed by atoms with van der Waals surface area (Å²) in [5.41, 5.74) is 0. The number of hydrogen-bond donors (Lipinski definition) is 2. The zero-order chi connectivity index (χ0) is 14.6. The molecule has 0 aliphatic heterocycles. The largest absolute Gasteiger partial charge is 0.465 e. The molecule has 0 saturated carbocycles. The average molecular weight is 383 g/mol. The monoisotopic (exact) mass is 381 g/mol. The van der Waals surface area contributed by atoms with Crippen LogP contribution in [0.25, 0.3) is 0 Å². The molecule has 0 fully saturated rings. The lowest BCUT2D eigenvalue weighted by Gasteiger charge is -2.16. The number of nitrogens with one attached hydrogen (secondary N) is 1. The van der Waals surface area contributed by atoms with E-state index < -0.39 is 9.33 Å². The van der Waals surface area contributed by atoms with Gasteiger partial charge in [-0.25, -0.2) is 4.79 Å². The summed E-state index contributed by atoms with van der Waals surface area (Å²) in [4.78, 5) is 9.76. The molecular formula is C11H17Br2N3O2. The first-order chi connectivity index (χ1) is 8.31. The quantitative estimate of drug-likeness (QED) is 0.560. The van der Waals surface area contributed by atoms with Crippen molar-refractivity contribution in [1.82, 2.24) is 5.32 Å². The molecule has 0 aromatic carbocycles. The first-order valence-electron chi connectivity index (χ1n) is 5.44. The predicted octanol–water partition coefficient (Wildman–Crippen LogP) is 3.60. The van der Waals surface area contributed by atoms with Gasteiger partial charge < -0.3 is 10.4 Å². The molecule has 2 N–H and O–H groups in total. The number of amides is 1. The second-order valence-electron chi connectivity index (χ2n) is 3.58. The lowest BCUT2D eigenvalue weighted by Crippen LogP contribution is -2.21. The maximum atomic E-state index is 9.76. The molecule has 1 amide bonds. The summed E-state index contributed by atoms with van der Waals surface area (Å²) in [6, 6.07) is 4.00. The van der Waals surface area contributed by atoms with Crippen molar-refractivity contribution in [1.29, 1.82) is 10.5 Å². The van der Waals surface area contributed by atoms with Crippen molar-refractivity contribution in [2.45, 2.75) is 36.3 Å². The predicted molar refractivity (Wildman–Crippen MR) is 76.5 cm³/mol. The Balaban J connectivity index is 0. The Morgan fingerprint density at radius 3 is 2.39 bits per heavy atom. The number of nitrogens with zero attached hydrogens (tertiary/aromatic N) is 2. The van der Waals surface area contributed by atoms with Crippen molar-refractivity contribution in [2.24, 2.45) is 5.92 Å². The molecule has 0 heterocycles. The number of unbranched alkanes of at least 4 members (excludes halogenated alkanes) is 1. The van der Waals surface area contributed by atoms with E-state index in [4.69, 9.17) is 15.6 Å². The fourth-order valence-corrected chi connectivity index (χ4v) is 1.07. The van der Waals surface area contributed by atoms with Crippen LogP contribution in [0.2, 0.25) is 0 Å². The second kappa shape index (κ2) is 11.3. The minimum Gasteiger partial charge on any atom is -0.465 e. The van der Waals surface area contributed by atoms with Crippen LogP contribution in [0, 0.1) is 28.6 Å². The minimum absolute atomic E-state index is 0.0116. The number of hydrogen-bond acceptors (Lipinski definition) is 3. The van der Waals surface area contributed by atoms with E-state index in [1.807, 2.05) is 26.0 Å². The van der Waals surface area contributed by atoms with Crippen LogP contribution < -0.4 is 5.32 Å². The van der Waals surface area contributed by atoms with Gasteiger partial charge in [0.25, 0.3) is 0 Å². The molecule has 0 radical (unpaired) electrons. The fourth-order valence-electron chi connectivity index (χ4n) is 0.747. The van der Waals surface area contributed by atoms with E-state index in [9.17, 15) is 4.79 Å². The molecule has 0 rings (SSSR count). The van der Waals surface area contributed by atoms with Gasteiger partial charge in [-0.3, -0.25) is 0 Å². The molecule has 1 atom stereocenters. The molecule has 0 aliphatic carbocycles. The highest BCUT2D eigenvalue weighted by molar-refractivity contribution is 9.25. The van der Waals surface area contributed by atoms with E-state index in [0.29, 0.717) is 13.0 Å². The Hall–Kier alpha value is -0.790. The third kappa shape index (κ3) is 11.7. The van der Waals surface area contributed by atoms with Gasteiger partial charge in [-0.05, 0) is 6.42 Å². The zero-order valence-corrected chi connectivity index (χ0v) is 13.6. The van der Waals surface area contributed by atoms with Crippen LogP contribution in [0.5, 0.6) is 0 Å². The van der Waals surface area contributed by atoms with Crippen molar-refractivity contribution in [3.8, 4) is 12.1 Å². The Morgan fingerprint density at radius 2 is 2.06 bits per heavy atom. The molecule has 18 heavy (non-hydrogen) atoms. The Morgan fingerprint density at radius 1 is 1.50 bits per heavy atom. The highest BCUT2D eigenvalue weighted by Crippen LogP contribution is 2.35. The van der Waals surface area contributed by atoms with Crippen LogP contribution in [0.15, 0.2) is 0 Å². The summed E-state index contributed by atoms with van der Waals surface area (Å²) in [6.07, 6.45) is 1.38. The maximum absolute atomic E-state index is 9.76. The minimum atomic E-state index is -0.932. The van der Waals surface area contributed by atoms with Gasteiger partial charge >= 0.3 is 6.09 Å². The van der Waals surface area contributed by atoms with Gasteiger partial charge in [-0.1, -0.05) is 52.1 Å². The molecular weight excluding hydrogens is 366 g/mol. The Bertz CT molecular complexity index is 321. The second-order valence-corrected chi connectivity index (χ2v) is 7.15. The van der Waals surface area contributed by atoms with Crippen LogP contribution in [-0.4, -0.2) is 21.0 Å². The Kier molecular flexibility index (Phi) is 12.3. The van der Waals surface area contributed by atoms with Gasteiger partial charge in [-0.15, -0.1) is 0 Å². The van der Waals surface area contributed by atoms with Gasteiger partial charge in [0, 0.05) is 18.9 Å². The van der Waals surface area contributed by atoms with Crippen LogP contribution in [0.3, 0.4) is 0 Å². The van der Waals surface area contributed by atoms with E-state index >= 15 is 0 Å². The lowest BCUT2D eigenvalue weighted by atomic mass is 10.1. The number of carboxylic acid groups (broad SMARTS) is 1. The summed E-state index contributed by atoms with van der Waals surface area (Å²) in [5, 5.41) is 27.1. The number of nitriles is 2. The van der Waals surface area contributed by atoms with Gasteiger partial charge in [0.2, 0.25) is 0 Å². The summed E-state index contributed by atoms with van der Waals surface area (Å²) < 4.78 is -0.740. The van der Waals surface area contributed by atoms with Crippen molar-refractivity contribution in [3.05, 3.63) is 0 Å². The summed E-state index contributed by atoms with van der Waals surface area (Å²) in [5.74, 6) is -0.0116. The molecule has 0 aromatic heterocycles. The van der Waals surface area contributed by atoms with Crippen LogP contribution in [0.1, 0.15) is 33.1 Å². The molecule has 0 aliphatic rings. The fraction of sp³-hybridized carbons (Fsp3) is 0.727. The normalized spacial score (nSPS) is 11.2. The van der Waals surface area contributed by atoms with Gasteiger partial charge in [-0.2, -0.15) is 10.5 Å². The van der Waals surface area contributed by atoms with E-state index in [2.05, 4.69) is 37.2 Å². The number of carbonyl (C=O) groups is 1. The maximum Gasteiger partial charge on any atom is 0.404 e. The van der Waals surface area contributed by atoms with E-state index in [1.165, 1.54) is 0 Å². The highest BCUT2D eigenvalue weighted by Gasteiger charge is 2.29. The standard InChI is InChI=1S/C6H6Br2N2.C5H11NO2/c1-5(2-3-9)6(7,8)4-10;1-2-3-4-6-5(7)8/h5H,2H2,1H3;6H,2-4H2,1H3,(H,7,8). The molecule has 102 valence electrons. The molecule has 1 unspecified atom stereocenters. The first kappa shape index (κ1) is 19.5. The van der Waals surface area contributed by atoms with E-state index in [1.54, 1.807) is 0 Å². The zero-order valence-electron chi connectivity index (χ0n) is 10.4. The van der Waals surface area contributed by atoms with Crippen LogP contribution >= 0.6 is 31.9 Å². The van der Waals surface area contributed by atoms with Crippen molar-refractivity contribution in [3.63, 3.8) is 0 Å². The van der Waals surface area contributed by atoms with Crippen LogP contribution in [0.4, 0.5) is 4.79 Å². The molecule has 0 spiro atoms. The molecule has 0 bridgehead atoms. The summed E-state index contributed by atoms with van der Waals surface area (Å²) in [6.45, 7) is 4.42. The third-order valence-corrected chi connectivity index (χ3v) is 3.89. The molecule has 5 nitrogen and oxygen atoms in total. The number of rotatable bonds is 5. The van der Waals surface area contributed by atoms with E-state index in [0.717, 1.165) is 12.8 Å². The average Bonchev–Trinajstić information content (AvgIpc) is 2.30. The van der Waals surface area contributed by atoms with Crippen molar-refractivity contribution >= 4 is 38.0 Å². The van der Waals surface area contributed by atoms with Gasteiger partial charge in [0.15, 0.2) is 3.23 Å². The molecule has 0 aromatic rings. The smallest absolute Gasteiger partial charge is 0.404 e. The van der Waals surface area contributed by atoms with Gasteiger partial charge in [0.05, 0.1) is 12.1 Å². The summed E-state index contributed by atoms with van der Waals surface area (Å²) in [7, 11) is 0. The molecule has 7 heteroatoms. The summed E-state index contributed by atoms with van der Waals surface area (Å²) >= 11 is 6.30. The lowest BCUT2D eigenvalue weighted by molar-refractivity contribution is 0.194. The SMILES string of the molecule is CC(CC#N)C(Br)(Br)C#N.CCCCNC(=O)O. The van der Waals surface area contributed by atoms with Crippen LogP contribution in [-0.2, 0) is 0 Å². The van der Waals surface area contributed by atoms with Crippen molar-refractivity contribution in [2.75, 3.05) is 6.54 Å². The number of halogens is 2. The van der Waals surface area contributed by atoms with Gasteiger partial charge in [0.1, 0.15) is 0 Å². The van der Waals surface area contributed by atoms with E-state index in [-0.39, 0.29) is 5.92 Å². The Labute approximate surface area is 124 Å². The first-order valence-corrected chi connectivity index (χ1v) is 7.03. The topological polar surface area (TPSA) is 96.9 Å². The molecule has 0 saturated heterocycles. The van der Waals surface area contributed by atoms with Crippen molar-refractivity contribution < 1.29 is 9.90 Å². The number of alkyl halides is 2. The highest BCUT2D eigenvalue weighted by atomic mass is 79.9.